The molecule has 0 bridgehead atoms. The summed E-state index contributed by atoms with van der Waals surface area (Å²) in [6.45, 7) is 2.92. The molecule has 1 N–H and O–H groups in total. The molecule has 0 aliphatic carbocycles. The molecule has 122 valence electrons. The van der Waals surface area contributed by atoms with Crippen LogP contribution in [0.4, 0.5) is 5.69 Å². The van der Waals surface area contributed by atoms with Gasteiger partial charge in [0, 0.05) is 12.2 Å². The number of hydrogen-bond acceptors (Lipinski definition) is 3. The van der Waals surface area contributed by atoms with E-state index in [1.165, 1.54) is 0 Å². The van der Waals surface area contributed by atoms with Crippen molar-refractivity contribution in [1.29, 1.82) is 0 Å². The Morgan fingerprint density at radius 3 is 2.50 bits per heavy atom. The minimum atomic E-state index is -0.162. The molecule has 0 saturated carbocycles. The molecule has 2 aromatic carbocycles. The topological polar surface area (TPSA) is 56.1 Å². The van der Waals surface area contributed by atoms with E-state index >= 15 is 0 Å². The Balaban J connectivity index is 1.66. The summed E-state index contributed by atoms with van der Waals surface area (Å²) >= 11 is 0. The maximum atomic E-state index is 12.3. The van der Waals surface area contributed by atoms with Gasteiger partial charge >= 0.3 is 0 Å². The minimum absolute atomic E-state index is 0.162. The average Bonchev–Trinajstić information content (AvgIpc) is 3.08. The fraction of sp³-hybridized carbons (Fsp3) is 0.158. The van der Waals surface area contributed by atoms with E-state index in [4.69, 9.17) is 4.74 Å². The molecule has 0 spiro atoms. The quantitative estimate of drug-likeness (QED) is 0.751. The Hall–Kier alpha value is -2.92. The van der Waals surface area contributed by atoms with Crippen LogP contribution in [-0.4, -0.2) is 22.3 Å². The van der Waals surface area contributed by atoms with Gasteiger partial charge in [0.05, 0.1) is 18.1 Å². The second-order valence-electron chi connectivity index (χ2n) is 5.29. The zero-order valence-corrected chi connectivity index (χ0v) is 13.5. The molecule has 0 fully saturated rings. The first kappa shape index (κ1) is 16.0. The molecular weight excluding hydrogens is 302 g/mol. The van der Waals surface area contributed by atoms with Crippen LogP contribution in [-0.2, 0) is 11.5 Å². The number of rotatable bonds is 6. The molecule has 0 unspecified atom stereocenters. The Morgan fingerprint density at radius 2 is 1.79 bits per heavy atom. The summed E-state index contributed by atoms with van der Waals surface area (Å²) in [7, 11) is 0. The number of benzene rings is 2. The van der Waals surface area contributed by atoms with E-state index in [9.17, 15) is 4.79 Å². The van der Waals surface area contributed by atoms with Crippen molar-refractivity contribution >= 4 is 11.6 Å². The van der Waals surface area contributed by atoms with E-state index in [-0.39, 0.29) is 5.91 Å². The molecule has 0 aliphatic heterocycles. The van der Waals surface area contributed by atoms with Crippen molar-refractivity contribution in [3.8, 4) is 11.1 Å². The Kier molecular flexibility index (Phi) is 5.03. The fourth-order valence-corrected chi connectivity index (χ4v) is 2.33. The third kappa shape index (κ3) is 3.88. The van der Waals surface area contributed by atoms with E-state index < -0.39 is 0 Å². The number of aromatic nitrogens is 2. The molecule has 0 aliphatic rings. The van der Waals surface area contributed by atoms with Crippen molar-refractivity contribution in [3.05, 3.63) is 72.6 Å². The normalized spacial score (nSPS) is 10.5. The van der Waals surface area contributed by atoms with Crippen LogP contribution in [0.3, 0.4) is 0 Å². The summed E-state index contributed by atoms with van der Waals surface area (Å²) in [5, 5.41) is 6.97. The Morgan fingerprint density at radius 1 is 1.08 bits per heavy atom. The molecule has 1 heterocycles. The van der Waals surface area contributed by atoms with Crippen molar-refractivity contribution < 1.29 is 9.53 Å². The Bertz CT molecular complexity index is 795. The van der Waals surface area contributed by atoms with Gasteiger partial charge in [0.2, 0.25) is 0 Å². The first-order valence-corrected chi connectivity index (χ1v) is 7.83. The molecule has 1 amide bonds. The number of anilines is 1. The first-order valence-electron chi connectivity index (χ1n) is 7.83. The van der Waals surface area contributed by atoms with Crippen LogP contribution in [0.15, 0.2) is 67.0 Å². The number of carbonyl (C=O) groups excluding carboxylic acids is 1. The second-order valence-corrected chi connectivity index (χ2v) is 5.29. The van der Waals surface area contributed by atoms with Crippen molar-refractivity contribution in [2.75, 3.05) is 11.9 Å². The van der Waals surface area contributed by atoms with Crippen LogP contribution < -0.4 is 5.32 Å². The number of nitrogens with zero attached hydrogens (tertiary/aromatic N) is 2. The SMILES string of the molecule is CCOCn1cc(NC(=O)c2ccc(-c3ccccc3)cc2)cn1. The van der Waals surface area contributed by atoms with Crippen LogP contribution in [0.25, 0.3) is 11.1 Å². The molecule has 0 radical (unpaired) electrons. The standard InChI is InChI=1S/C19H19N3O2/c1-2-24-14-22-13-18(12-20-22)21-19(23)17-10-8-16(9-11-17)15-6-4-3-5-7-15/h3-13H,2,14H2,1H3,(H,21,23). The average molecular weight is 321 g/mol. The van der Waals surface area contributed by atoms with Gasteiger partial charge in [-0.25, -0.2) is 4.68 Å². The van der Waals surface area contributed by atoms with Gasteiger partial charge in [0.1, 0.15) is 6.73 Å². The predicted molar refractivity (Wildman–Crippen MR) is 93.7 cm³/mol. The highest BCUT2D eigenvalue weighted by atomic mass is 16.5. The van der Waals surface area contributed by atoms with Gasteiger partial charge in [-0.2, -0.15) is 5.10 Å². The summed E-state index contributed by atoms with van der Waals surface area (Å²) in [5.74, 6) is -0.162. The van der Waals surface area contributed by atoms with E-state index in [0.717, 1.165) is 11.1 Å². The van der Waals surface area contributed by atoms with Crippen LogP contribution in [0.2, 0.25) is 0 Å². The Labute approximate surface area is 140 Å². The predicted octanol–water partition coefficient (Wildman–Crippen LogP) is 3.80. The largest absolute Gasteiger partial charge is 0.360 e. The maximum absolute atomic E-state index is 12.3. The number of ether oxygens (including phenoxy) is 1. The smallest absolute Gasteiger partial charge is 0.255 e. The zero-order chi connectivity index (χ0) is 16.8. The summed E-state index contributed by atoms with van der Waals surface area (Å²) < 4.78 is 6.90. The number of nitrogens with one attached hydrogen (secondary N) is 1. The molecule has 0 atom stereocenters. The van der Waals surface area contributed by atoms with Gasteiger partial charge in [0.25, 0.3) is 5.91 Å². The molecule has 3 rings (SSSR count). The van der Waals surface area contributed by atoms with Gasteiger partial charge in [-0.1, -0.05) is 42.5 Å². The van der Waals surface area contributed by atoms with Crippen molar-refractivity contribution in [2.45, 2.75) is 13.7 Å². The van der Waals surface area contributed by atoms with Gasteiger partial charge in [-0.05, 0) is 30.2 Å². The number of carbonyl (C=O) groups is 1. The fourth-order valence-electron chi connectivity index (χ4n) is 2.33. The first-order chi connectivity index (χ1) is 11.8. The lowest BCUT2D eigenvalue weighted by Crippen LogP contribution is -2.11. The lowest BCUT2D eigenvalue weighted by atomic mass is 10.0. The van der Waals surface area contributed by atoms with E-state index in [0.29, 0.717) is 24.6 Å². The second kappa shape index (κ2) is 7.57. The van der Waals surface area contributed by atoms with Gasteiger partial charge < -0.3 is 10.1 Å². The summed E-state index contributed by atoms with van der Waals surface area (Å²) in [4.78, 5) is 12.3. The van der Waals surface area contributed by atoms with Crippen molar-refractivity contribution in [2.24, 2.45) is 0 Å². The van der Waals surface area contributed by atoms with Crippen molar-refractivity contribution in [3.63, 3.8) is 0 Å². The highest BCUT2D eigenvalue weighted by molar-refractivity contribution is 6.04. The van der Waals surface area contributed by atoms with E-state index in [1.54, 1.807) is 17.1 Å². The molecule has 5 heteroatoms. The summed E-state index contributed by atoms with van der Waals surface area (Å²) in [6.07, 6.45) is 3.35. The lowest BCUT2D eigenvalue weighted by molar-refractivity contribution is 0.0792. The third-order valence-electron chi connectivity index (χ3n) is 3.57. The van der Waals surface area contributed by atoms with Crippen LogP contribution in [0.5, 0.6) is 0 Å². The monoisotopic (exact) mass is 321 g/mol. The van der Waals surface area contributed by atoms with Crippen LogP contribution >= 0.6 is 0 Å². The lowest BCUT2D eigenvalue weighted by Gasteiger charge is -2.05. The van der Waals surface area contributed by atoms with Crippen molar-refractivity contribution in [1.82, 2.24) is 9.78 Å². The van der Waals surface area contributed by atoms with Crippen LogP contribution in [0.1, 0.15) is 17.3 Å². The van der Waals surface area contributed by atoms with Gasteiger partial charge in [-0.3, -0.25) is 4.79 Å². The van der Waals surface area contributed by atoms with Gasteiger partial charge in [0.15, 0.2) is 0 Å². The van der Waals surface area contributed by atoms with Gasteiger partial charge in [-0.15, -0.1) is 0 Å². The molecular formula is C19H19N3O2. The molecule has 5 nitrogen and oxygen atoms in total. The van der Waals surface area contributed by atoms with E-state index in [2.05, 4.69) is 10.4 Å². The van der Waals surface area contributed by atoms with E-state index in [1.807, 2.05) is 61.5 Å². The molecule has 24 heavy (non-hydrogen) atoms. The minimum Gasteiger partial charge on any atom is -0.360 e. The molecule has 3 aromatic rings. The zero-order valence-electron chi connectivity index (χ0n) is 13.5. The highest BCUT2D eigenvalue weighted by Crippen LogP contribution is 2.19. The number of amides is 1. The maximum Gasteiger partial charge on any atom is 0.255 e. The highest BCUT2D eigenvalue weighted by Gasteiger charge is 2.08. The van der Waals surface area contributed by atoms with Crippen LogP contribution in [0, 0.1) is 0 Å². The summed E-state index contributed by atoms with van der Waals surface area (Å²) in [5.41, 5.74) is 3.46. The summed E-state index contributed by atoms with van der Waals surface area (Å²) in [6, 6.07) is 17.6. The third-order valence-corrected chi connectivity index (χ3v) is 3.57. The molecule has 0 saturated heterocycles. The number of hydrogen-bond donors (Lipinski definition) is 1. The molecule has 1 aromatic heterocycles.